The highest BCUT2D eigenvalue weighted by molar-refractivity contribution is 5.82. The van der Waals surface area contributed by atoms with Crippen molar-refractivity contribution in [2.45, 2.75) is 0 Å². The van der Waals surface area contributed by atoms with Crippen molar-refractivity contribution in [2.75, 3.05) is 31.1 Å². The van der Waals surface area contributed by atoms with Crippen LogP contribution in [0.4, 0.5) is 5.69 Å². The maximum absolute atomic E-state index is 4.39. The van der Waals surface area contributed by atoms with Gasteiger partial charge in [-0.25, -0.2) is 0 Å². The number of hydrogen-bond acceptors (Lipinski definition) is 3. The maximum atomic E-state index is 4.39. The zero-order valence-corrected chi connectivity index (χ0v) is 9.19. The van der Waals surface area contributed by atoms with Crippen LogP contribution in [0.1, 0.15) is 0 Å². The molecule has 1 fully saturated rings. The summed E-state index contributed by atoms with van der Waals surface area (Å²) >= 11 is 0. The Labute approximate surface area is 95.1 Å². The van der Waals surface area contributed by atoms with E-state index in [2.05, 4.69) is 39.5 Å². The summed E-state index contributed by atoms with van der Waals surface area (Å²) in [4.78, 5) is 6.80. The molecule has 0 bridgehead atoms. The number of nitrogens with one attached hydrogen (secondary N) is 1. The van der Waals surface area contributed by atoms with E-state index in [4.69, 9.17) is 0 Å². The molecule has 1 aliphatic rings. The number of hydrogen-bond donors (Lipinski definition) is 1. The molecule has 1 aromatic heterocycles. The highest BCUT2D eigenvalue weighted by Crippen LogP contribution is 2.20. The van der Waals surface area contributed by atoms with E-state index in [-0.39, 0.29) is 0 Å². The lowest BCUT2D eigenvalue weighted by Crippen LogP contribution is -2.43. The fraction of sp³-hybridized carbons (Fsp3) is 0.308. The third kappa shape index (κ3) is 1.74. The second-order valence-corrected chi connectivity index (χ2v) is 4.12. The quantitative estimate of drug-likeness (QED) is 0.780. The number of pyridine rings is 1. The summed E-state index contributed by atoms with van der Waals surface area (Å²) in [5, 5.41) is 4.57. The number of fused-ring (bicyclic) bond motifs is 1. The lowest BCUT2D eigenvalue weighted by atomic mass is 10.2. The Morgan fingerprint density at radius 1 is 1.12 bits per heavy atom. The molecule has 0 spiro atoms. The van der Waals surface area contributed by atoms with Crippen molar-refractivity contribution in [1.82, 2.24) is 10.3 Å². The molecule has 0 unspecified atom stereocenters. The molecule has 0 radical (unpaired) electrons. The highest BCUT2D eigenvalue weighted by Gasteiger charge is 2.10. The zero-order valence-electron chi connectivity index (χ0n) is 9.19. The predicted molar refractivity (Wildman–Crippen MR) is 66.8 cm³/mol. The van der Waals surface area contributed by atoms with Crippen LogP contribution < -0.4 is 10.2 Å². The summed E-state index contributed by atoms with van der Waals surface area (Å²) in [7, 11) is 0. The van der Waals surface area contributed by atoms with Gasteiger partial charge in [-0.05, 0) is 18.2 Å². The molecule has 0 aliphatic carbocycles. The number of benzene rings is 1. The average Bonchev–Trinajstić information content (AvgIpc) is 2.39. The molecule has 1 aliphatic heterocycles. The van der Waals surface area contributed by atoms with Gasteiger partial charge in [0.05, 0.1) is 5.52 Å². The minimum atomic E-state index is 1.07. The Bertz CT molecular complexity index is 489. The van der Waals surface area contributed by atoms with Gasteiger partial charge in [0.2, 0.25) is 0 Å². The molecule has 0 atom stereocenters. The van der Waals surface area contributed by atoms with Gasteiger partial charge >= 0.3 is 0 Å². The van der Waals surface area contributed by atoms with Gasteiger partial charge in [0.25, 0.3) is 0 Å². The van der Waals surface area contributed by atoms with Crippen LogP contribution in [-0.2, 0) is 0 Å². The molecule has 1 N–H and O–H groups in total. The number of aromatic nitrogens is 1. The summed E-state index contributed by atoms with van der Waals surface area (Å²) < 4.78 is 0. The number of nitrogens with zero attached hydrogens (tertiary/aromatic N) is 2. The first-order chi connectivity index (χ1) is 7.93. The molecule has 3 rings (SSSR count). The lowest BCUT2D eigenvalue weighted by molar-refractivity contribution is 0.589. The van der Waals surface area contributed by atoms with Gasteiger partial charge in [0, 0.05) is 43.4 Å². The summed E-state index contributed by atoms with van der Waals surface area (Å²) in [6.07, 6.45) is 1.85. The van der Waals surface area contributed by atoms with Crippen LogP contribution in [0, 0.1) is 0 Å². The van der Waals surface area contributed by atoms with E-state index in [0.717, 1.165) is 31.7 Å². The summed E-state index contributed by atoms with van der Waals surface area (Å²) in [6.45, 7) is 4.30. The van der Waals surface area contributed by atoms with E-state index in [1.54, 1.807) is 0 Å². The van der Waals surface area contributed by atoms with E-state index >= 15 is 0 Å². The van der Waals surface area contributed by atoms with Crippen LogP contribution in [0.15, 0.2) is 36.5 Å². The van der Waals surface area contributed by atoms with Crippen LogP contribution in [0.2, 0.25) is 0 Å². The van der Waals surface area contributed by atoms with Gasteiger partial charge in [-0.15, -0.1) is 0 Å². The first-order valence-corrected chi connectivity index (χ1v) is 5.74. The summed E-state index contributed by atoms with van der Waals surface area (Å²) in [5.74, 6) is 0. The average molecular weight is 213 g/mol. The number of rotatable bonds is 1. The van der Waals surface area contributed by atoms with Crippen molar-refractivity contribution in [2.24, 2.45) is 0 Å². The summed E-state index contributed by atoms with van der Waals surface area (Å²) in [5.41, 5.74) is 2.37. The lowest BCUT2D eigenvalue weighted by Gasteiger charge is -2.29. The first kappa shape index (κ1) is 9.60. The van der Waals surface area contributed by atoms with Crippen molar-refractivity contribution >= 4 is 16.6 Å². The van der Waals surface area contributed by atoms with Crippen molar-refractivity contribution in [3.05, 3.63) is 36.5 Å². The second kappa shape index (κ2) is 4.10. The Hall–Kier alpha value is -1.61. The third-order valence-corrected chi connectivity index (χ3v) is 3.07. The van der Waals surface area contributed by atoms with Gasteiger partial charge in [-0.1, -0.05) is 12.1 Å². The van der Waals surface area contributed by atoms with Gasteiger partial charge < -0.3 is 10.2 Å². The van der Waals surface area contributed by atoms with Gasteiger partial charge in [0.15, 0.2) is 0 Å². The molecule has 3 nitrogen and oxygen atoms in total. The van der Waals surface area contributed by atoms with Crippen molar-refractivity contribution in [3.63, 3.8) is 0 Å². The van der Waals surface area contributed by atoms with Crippen molar-refractivity contribution in [1.29, 1.82) is 0 Å². The Morgan fingerprint density at radius 3 is 2.88 bits per heavy atom. The fourth-order valence-corrected chi connectivity index (χ4v) is 2.17. The molecular formula is C13H15N3. The Kier molecular flexibility index (Phi) is 2.46. The van der Waals surface area contributed by atoms with Gasteiger partial charge in [-0.3, -0.25) is 4.98 Å². The standard InChI is InChI=1S/C13H15N3/c1-2-11-3-4-12(10-13(11)15-5-1)16-8-6-14-7-9-16/h1-5,10,14H,6-9H2. The van der Waals surface area contributed by atoms with E-state index in [0.29, 0.717) is 0 Å². The largest absolute Gasteiger partial charge is 0.369 e. The van der Waals surface area contributed by atoms with E-state index in [1.807, 2.05) is 12.3 Å². The highest BCUT2D eigenvalue weighted by atomic mass is 15.2. The SMILES string of the molecule is c1cnc2cc(N3CCNCC3)ccc2c1. The number of anilines is 1. The van der Waals surface area contributed by atoms with Crippen LogP contribution >= 0.6 is 0 Å². The second-order valence-electron chi connectivity index (χ2n) is 4.12. The normalized spacial score (nSPS) is 16.6. The van der Waals surface area contributed by atoms with Crippen LogP contribution in [0.3, 0.4) is 0 Å². The smallest absolute Gasteiger partial charge is 0.0722 e. The molecule has 3 heteroatoms. The van der Waals surface area contributed by atoms with Gasteiger partial charge in [0.1, 0.15) is 0 Å². The monoisotopic (exact) mass is 213 g/mol. The molecule has 1 aromatic carbocycles. The van der Waals surface area contributed by atoms with E-state index in [1.165, 1.54) is 11.1 Å². The predicted octanol–water partition coefficient (Wildman–Crippen LogP) is 1.64. The fourth-order valence-electron chi connectivity index (χ4n) is 2.17. The third-order valence-electron chi connectivity index (χ3n) is 3.07. The molecule has 2 aromatic rings. The Balaban J connectivity index is 1.97. The molecule has 0 amide bonds. The Morgan fingerprint density at radius 2 is 2.00 bits per heavy atom. The molecular weight excluding hydrogens is 198 g/mol. The minimum absolute atomic E-state index is 1.07. The minimum Gasteiger partial charge on any atom is -0.369 e. The maximum Gasteiger partial charge on any atom is 0.0722 e. The van der Waals surface area contributed by atoms with E-state index < -0.39 is 0 Å². The van der Waals surface area contributed by atoms with Crippen LogP contribution in [0.5, 0.6) is 0 Å². The van der Waals surface area contributed by atoms with Gasteiger partial charge in [-0.2, -0.15) is 0 Å². The summed E-state index contributed by atoms with van der Waals surface area (Å²) in [6, 6.07) is 10.6. The number of piperazine rings is 1. The van der Waals surface area contributed by atoms with E-state index in [9.17, 15) is 0 Å². The van der Waals surface area contributed by atoms with Crippen molar-refractivity contribution in [3.8, 4) is 0 Å². The molecule has 82 valence electrons. The topological polar surface area (TPSA) is 28.2 Å². The molecule has 2 heterocycles. The van der Waals surface area contributed by atoms with Crippen LogP contribution in [0.25, 0.3) is 10.9 Å². The molecule has 1 saturated heterocycles. The molecule has 16 heavy (non-hydrogen) atoms. The molecule has 0 saturated carbocycles. The van der Waals surface area contributed by atoms with Crippen molar-refractivity contribution < 1.29 is 0 Å². The zero-order chi connectivity index (χ0) is 10.8. The first-order valence-electron chi connectivity index (χ1n) is 5.74. The van der Waals surface area contributed by atoms with Crippen LogP contribution in [-0.4, -0.2) is 31.2 Å².